The lowest BCUT2D eigenvalue weighted by molar-refractivity contribution is 0.00570. The summed E-state index contributed by atoms with van der Waals surface area (Å²) in [6.07, 6.45) is 8.28. The molecule has 0 spiro atoms. The third-order valence-corrected chi connectivity index (χ3v) is 6.73. The lowest BCUT2D eigenvalue weighted by Crippen LogP contribution is -2.35. The maximum absolute atomic E-state index is 13.3. The van der Waals surface area contributed by atoms with Crippen LogP contribution >= 0.6 is 0 Å². The number of benzene rings is 1. The molecule has 1 aromatic carbocycles. The first-order valence-corrected chi connectivity index (χ1v) is 13.7. The van der Waals surface area contributed by atoms with Crippen LogP contribution in [0.15, 0.2) is 65.7 Å². The van der Waals surface area contributed by atoms with E-state index in [9.17, 15) is 9.59 Å². The molecule has 8 heteroatoms. The maximum Gasteiger partial charge on any atom is 0.361 e. The molecule has 0 amide bonds. The minimum absolute atomic E-state index is 0.103. The van der Waals surface area contributed by atoms with Gasteiger partial charge in [-0.2, -0.15) is 0 Å². The van der Waals surface area contributed by atoms with Crippen LogP contribution in [-0.2, 0) is 23.3 Å². The Labute approximate surface area is 229 Å². The van der Waals surface area contributed by atoms with Gasteiger partial charge in [-0.05, 0) is 57.4 Å². The highest BCUT2D eigenvalue weighted by molar-refractivity contribution is 5.90. The number of hydrogen-bond donors (Lipinski definition) is 1. The predicted molar refractivity (Wildman–Crippen MR) is 152 cm³/mol. The molecule has 0 unspecified atom stereocenters. The van der Waals surface area contributed by atoms with Gasteiger partial charge in [-0.15, -0.1) is 0 Å². The molecule has 3 aromatic heterocycles. The third-order valence-electron chi connectivity index (χ3n) is 6.73. The SMILES string of the molecule is CC.CC(C)(C)OC(=O)c1nc(CC2(n3ccc4cccnc43)CCCC2)[nH]c(=O)c1OCc1ccccc1. The van der Waals surface area contributed by atoms with Gasteiger partial charge in [0, 0.05) is 24.2 Å². The number of carbonyl (C=O) groups excluding carboxylic acids is 1. The van der Waals surface area contributed by atoms with Gasteiger partial charge >= 0.3 is 5.97 Å². The topological polar surface area (TPSA) is 99.1 Å². The Balaban J connectivity index is 0.00000172. The summed E-state index contributed by atoms with van der Waals surface area (Å²) in [7, 11) is 0. The van der Waals surface area contributed by atoms with E-state index in [0.29, 0.717) is 12.2 Å². The number of ether oxygens (including phenoxy) is 2. The summed E-state index contributed by atoms with van der Waals surface area (Å²) >= 11 is 0. The van der Waals surface area contributed by atoms with E-state index in [4.69, 9.17) is 9.47 Å². The molecule has 1 fully saturated rings. The van der Waals surface area contributed by atoms with Crippen molar-refractivity contribution in [1.82, 2.24) is 19.5 Å². The minimum Gasteiger partial charge on any atom is -0.481 e. The van der Waals surface area contributed by atoms with E-state index < -0.39 is 17.1 Å². The van der Waals surface area contributed by atoms with Crippen molar-refractivity contribution in [3.8, 4) is 5.75 Å². The fourth-order valence-corrected chi connectivity index (χ4v) is 5.12. The average Bonchev–Trinajstić information content (AvgIpc) is 3.56. The van der Waals surface area contributed by atoms with Crippen molar-refractivity contribution in [1.29, 1.82) is 0 Å². The number of nitrogens with zero attached hydrogens (tertiary/aromatic N) is 3. The number of esters is 1. The standard InChI is InChI=1S/C29H32N4O4.C2H6/c1-28(2,3)37-27(35)23-24(36-19-20-10-5-4-6-11-20)26(34)32-22(31-23)18-29(14-7-8-15-29)33-17-13-21-12-9-16-30-25(21)33;1-2/h4-6,9-13,16-17H,7-8,14-15,18-19H2,1-3H3,(H,31,32,34);1-2H3. The quantitative estimate of drug-likeness (QED) is 0.286. The van der Waals surface area contributed by atoms with Gasteiger partial charge in [0.05, 0.1) is 5.54 Å². The van der Waals surface area contributed by atoms with E-state index >= 15 is 0 Å². The largest absolute Gasteiger partial charge is 0.481 e. The molecule has 8 nitrogen and oxygen atoms in total. The second-order valence-corrected chi connectivity index (χ2v) is 10.7. The Morgan fingerprint density at radius 2 is 1.77 bits per heavy atom. The van der Waals surface area contributed by atoms with Crippen molar-refractivity contribution in [3.05, 3.63) is 88.4 Å². The van der Waals surface area contributed by atoms with Crippen molar-refractivity contribution >= 4 is 17.0 Å². The fourth-order valence-electron chi connectivity index (χ4n) is 5.12. The first-order valence-electron chi connectivity index (χ1n) is 13.7. The lowest BCUT2D eigenvalue weighted by Gasteiger charge is -2.31. The summed E-state index contributed by atoms with van der Waals surface area (Å²) in [6.45, 7) is 9.47. The monoisotopic (exact) mass is 530 g/mol. The van der Waals surface area contributed by atoms with E-state index in [-0.39, 0.29) is 23.6 Å². The normalized spacial score (nSPS) is 14.5. The van der Waals surface area contributed by atoms with Crippen LogP contribution in [0.25, 0.3) is 11.0 Å². The Kier molecular flexibility index (Phi) is 8.53. The summed E-state index contributed by atoms with van der Waals surface area (Å²) in [5, 5.41) is 1.06. The van der Waals surface area contributed by atoms with Gasteiger partial charge < -0.3 is 19.0 Å². The van der Waals surface area contributed by atoms with Crippen LogP contribution in [0.5, 0.6) is 5.75 Å². The van der Waals surface area contributed by atoms with Crippen molar-refractivity contribution in [2.24, 2.45) is 0 Å². The molecule has 1 aliphatic rings. The van der Waals surface area contributed by atoms with E-state index in [2.05, 4.69) is 31.8 Å². The molecule has 5 rings (SSSR count). The molecule has 1 saturated carbocycles. The van der Waals surface area contributed by atoms with Crippen LogP contribution in [0.2, 0.25) is 0 Å². The van der Waals surface area contributed by atoms with Gasteiger partial charge in [-0.3, -0.25) is 4.79 Å². The van der Waals surface area contributed by atoms with Crippen molar-refractivity contribution in [3.63, 3.8) is 0 Å². The van der Waals surface area contributed by atoms with Crippen LogP contribution in [0.1, 0.15) is 82.2 Å². The molecule has 39 heavy (non-hydrogen) atoms. The molecule has 4 aromatic rings. The second kappa shape index (κ2) is 11.8. The Bertz CT molecular complexity index is 1460. The van der Waals surface area contributed by atoms with E-state index in [1.165, 1.54) is 0 Å². The summed E-state index contributed by atoms with van der Waals surface area (Å²) < 4.78 is 13.7. The fraction of sp³-hybridized carbons (Fsp3) is 0.419. The Morgan fingerprint density at radius 3 is 2.46 bits per heavy atom. The van der Waals surface area contributed by atoms with Crippen molar-refractivity contribution in [2.45, 2.75) is 84.5 Å². The van der Waals surface area contributed by atoms with Crippen LogP contribution in [0.4, 0.5) is 0 Å². The summed E-state index contributed by atoms with van der Waals surface area (Å²) in [6, 6.07) is 15.5. The van der Waals surface area contributed by atoms with Gasteiger partial charge in [0.1, 0.15) is 23.7 Å². The zero-order valence-electron chi connectivity index (χ0n) is 23.5. The average molecular weight is 531 g/mol. The third kappa shape index (κ3) is 6.38. The molecular formula is C31H38N4O4. The zero-order chi connectivity index (χ0) is 28.0. The smallest absolute Gasteiger partial charge is 0.361 e. The first-order chi connectivity index (χ1) is 18.7. The lowest BCUT2D eigenvalue weighted by atomic mass is 9.92. The highest BCUT2D eigenvalue weighted by Gasteiger charge is 2.38. The molecule has 0 saturated heterocycles. The molecule has 206 valence electrons. The summed E-state index contributed by atoms with van der Waals surface area (Å²) in [4.78, 5) is 38.6. The van der Waals surface area contributed by atoms with Crippen molar-refractivity contribution in [2.75, 3.05) is 0 Å². The molecule has 0 aliphatic heterocycles. The molecule has 0 radical (unpaired) electrons. The number of fused-ring (bicyclic) bond motifs is 1. The van der Waals surface area contributed by atoms with Crippen LogP contribution < -0.4 is 10.3 Å². The highest BCUT2D eigenvalue weighted by atomic mass is 16.6. The van der Waals surface area contributed by atoms with Crippen molar-refractivity contribution < 1.29 is 14.3 Å². The van der Waals surface area contributed by atoms with Crippen LogP contribution in [0.3, 0.4) is 0 Å². The van der Waals surface area contributed by atoms with Gasteiger partial charge in [0.25, 0.3) is 5.56 Å². The summed E-state index contributed by atoms with van der Waals surface area (Å²) in [5.41, 5.74) is 0.128. The molecule has 1 aliphatic carbocycles. The van der Waals surface area contributed by atoms with Gasteiger partial charge in [0.2, 0.25) is 5.75 Å². The number of aromatic amines is 1. The number of pyridine rings is 1. The number of hydrogen-bond acceptors (Lipinski definition) is 6. The van der Waals surface area contributed by atoms with E-state index in [1.807, 2.05) is 56.3 Å². The molecular weight excluding hydrogens is 492 g/mol. The predicted octanol–water partition coefficient (Wildman–Crippen LogP) is 6.19. The van der Waals surface area contributed by atoms with Crippen LogP contribution in [0, 0.1) is 0 Å². The van der Waals surface area contributed by atoms with Gasteiger partial charge in [0.15, 0.2) is 5.69 Å². The Morgan fingerprint density at radius 1 is 1.05 bits per heavy atom. The number of nitrogens with one attached hydrogen (secondary N) is 1. The number of carbonyl (C=O) groups is 1. The summed E-state index contributed by atoms with van der Waals surface area (Å²) in [5.74, 6) is -0.385. The zero-order valence-corrected chi connectivity index (χ0v) is 23.5. The minimum atomic E-state index is -0.749. The van der Waals surface area contributed by atoms with Crippen LogP contribution in [-0.4, -0.2) is 31.1 Å². The Hall–Kier alpha value is -3.94. The number of H-pyrrole nitrogens is 1. The maximum atomic E-state index is 13.3. The molecule has 1 N–H and O–H groups in total. The van der Waals surface area contributed by atoms with E-state index in [1.54, 1.807) is 27.0 Å². The van der Waals surface area contributed by atoms with Gasteiger partial charge in [-0.25, -0.2) is 14.8 Å². The number of rotatable bonds is 7. The van der Waals surface area contributed by atoms with E-state index in [0.717, 1.165) is 42.3 Å². The second-order valence-electron chi connectivity index (χ2n) is 10.7. The highest BCUT2D eigenvalue weighted by Crippen LogP contribution is 2.41. The van der Waals surface area contributed by atoms with Gasteiger partial charge in [-0.1, -0.05) is 57.0 Å². The first kappa shape index (κ1) is 28.1. The molecule has 0 bridgehead atoms. The molecule has 3 heterocycles. The molecule has 0 atom stereocenters. The number of aromatic nitrogens is 4.